The van der Waals surface area contributed by atoms with Crippen molar-refractivity contribution in [2.24, 2.45) is 0 Å². The first-order chi connectivity index (χ1) is 66.7. The number of phenols is 1. The molecule has 0 saturated carbocycles. The number of Topliss-reactive ketones (excluding diaryl/α,β-unsaturated/α-hetero) is 2. The molecule has 0 aliphatic rings. The van der Waals surface area contributed by atoms with E-state index in [4.69, 9.17) is 43.8 Å². The molecule has 20 rings (SSSR count). The van der Waals surface area contributed by atoms with Crippen molar-refractivity contribution in [3.8, 4) is 96.5 Å². The van der Waals surface area contributed by atoms with E-state index in [1.807, 2.05) is 409 Å². The summed E-state index contributed by atoms with van der Waals surface area (Å²) in [5, 5.41) is 11.6. The molecule has 0 amide bonds. The Kier molecular flexibility index (Phi) is 36.0. The number of hydrogen-bond acceptors (Lipinski definition) is 15. The van der Waals surface area contributed by atoms with Gasteiger partial charge in [0.2, 0.25) is 0 Å². The van der Waals surface area contributed by atoms with E-state index in [2.05, 4.69) is 93.4 Å². The summed E-state index contributed by atoms with van der Waals surface area (Å²) in [5.74, 6) is 8.27. The number of fused-ring (bicyclic) bond motifs is 2. The van der Waals surface area contributed by atoms with Crippen molar-refractivity contribution >= 4 is 89.2 Å². The largest absolute Gasteiger partial charge is 0.508 e. The molecular weight excluding hydrogens is 1910 g/mol. The maximum Gasteiger partial charge on any atom is 0.192 e. The number of nitrogens with zero attached hydrogens (tertiary/aromatic N) is 5. The van der Waals surface area contributed by atoms with Crippen LogP contribution in [0.4, 0.5) is 0 Å². The van der Waals surface area contributed by atoms with Crippen LogP contribution in [0, 0.1) is 20.8 Å². The minimum Gasteiger partial charge on any atom is -0.508 e. The van der Waals surface area contributed by atoms with Crippen molar-refractivity contribution in [2.75, 3.05) is 0 Å². The fourth-order valence-corrected chi connectivity index (χ4v) is 15.0. The van der Waals surface area contributed by atoms with Gasteiger partial charge in [-0.3, -0.25) is 14.6 Å². The highest BCUT2D eigenvalue weighted by molar-refractivity contribution is 9.93. The van der Waals surface area contributed by atoms with E-state index in [1.165, 1.54) is 0 Å². The average molecular weight is 2010 g/mol. The number of aryl methyl sites for hydroxylation is 3. The number of carbonyl (C=O) groups is 2. The number of aromatic nitrogens is 5. The van der Waals surface area contributed by atoms with Gasteiger partial charge in [0.15, 0.2) is 46.5 Å². The van der Waals surface area contributed by atoms with Crippen molar-refractivity contribution in [3.63, 3.8) is 0 Å². The van der Waals surface area contributed by atoms with Crippen LogP contribution in [0.1, 0.15) is 82.4 Å². The third-order valence-electron chi connectivity index (χ3n) is 21.1. The first kappa shape index (κ1) is 96.9. The number of ether oxygens (including phenoxy) is 4. The first-order valence-electron chi connectivity index (χ1n) is 43.9. The van der Waals surface area contributed by atoms with Crippen LogP contribution in [0.2, 0.25) is 0 Å². The maximum absolute atomic E-state index is 12.5. The molecule has 0 fully saturated rings. The fraction of sp³-hybridized carbons (Fsp3) is 0.0855. The Morgan fingerprint density at radius 3 is 0.971 bits per heavy atom. The molecule has 5 aromatic heterocycles. The molecule has 0 aliphatic carbocycles. The molecular formula is C117H95Br3ClN5O10. The molecule has 5 heterocycles. The average Bonchev–Trinajstić information content (AvgIpc) is 1.67. The summed E-state index contributed by atoms with van der Waals surface area (Å²) >= 11 is 14.7. The predicted molar refractivity (Wildman–Crippen MR) is 555 cm³/mol. The Morgan fingerprint density at radius 2 is 0.603 bits per heavy atom. The molecule has 0 bridgehead atoms. The van der Waals surface area contributed by atoms with E-state index < -0.39 is 0 Å². The number of oxazole rings is 3. The molecule has 0 saturated heterocycles. The second-order valence-corrected chi connectivity index (χ2v) is 32.1. The lowest BCUT2D eigenvalue weighted by Crippen LogP contribution is -2.07. The zero-order valence-electron chi connectivity index (χ0n) is 74.8. The van der Waals surface area contributed by atoms with Crippen molar-refractivity contribution < 1.29 is 46.9 Å². The van der Waals surface area contributed by atoms with Crippen molar-refractivity contribution in [1.82, 2.24) is 24.9 Å². The van der Waals surface area contributed by atoms with Crippen LogP contribution in [0.5, 0.6) is 28.7 Å². The van der Waals surface area contributed by atoms with Crippen molar-refractivity contribution in [3.05, 3.63) is 505 Å². The molecule has 15 nitrogen and oxygen atoms in total. The molecule has 1 unspecified atom stereocenters. The smallest absolute Gasteiger partial charge is 0.192 e. The minimum atomic E-state index is -0.338. The van der Waals surface area contributed by atoms with Gasteiger partial charge in [0.1, 0.15) is 77.1 Å². The zero-order chi connectivity index (χ0) is 94.4. The van der Waals surface area contributed by atoms with Crippen molar-refractivity contribution in [1.29, 1.82) is 0 Å². The summed E-state index contributed by atoms with van der Waals surface area (Å²) in [7, 11) is 0. The second-order valence-electron chi connectivity index (χ2n) is 30.9. The Labute approximate surface area is 820 Å². The number of rotatable bonds is 25. The van der Waals surface area contributed by atoms with Gasteiger partial charge in [-0.25, -0.2) is 19.9 Å². The predicted octanol–water partition coefficient (Wildman–Crippen LogP) is 31.3. The number of hydrogen-bond donors (Lipinski definition) is 1. The third-order valence-corrected chi connectivity index (χ3v) is 22.4. The van der Waals surface area contributed by atoms with Crippen LogP contribution in [-0.2, 0) is 38.7 Å². The summed E-state index contributed by atoms with van der Waals surface area (Å²) < 4.78 is 40.7. The van der Waals surface area contributed by atoms with Gasteiger partial charge < -0.3 is 37.3 Å². The summed E-state index contributed by atoms with van der Waals surface area (Å²) in [6, 6.07) is 141. The molecule has 1 atom stereocenters. The lowest BCUT2D eigenvalue weighted by atomic mass is 10.0. The fourth-order valence-electron chi connectivity index (χ4n) is 14.3. The highest BCUT2D eigenvalue weighted by Crippen LogP contribution is 2.38. The Morgan fingerprint density at radius 1 is 0.309 bits per heavy atom. The van der Waals surface area contributed by atoms with Crippen LogP contribution in [-0.4, -0.2) is 41.6 Å². The SMILES string of the molecule is BrBr.Cc1nc(-c2ccc(O)cc2)c(-c2ccccc2)o1.Cc1nc(-c2ccc(OCc3ccc4ccccc4n3)cc2)c(-c2ccccc2)o1.Cc1nc(-c2ccc(OCc3ccccc3)cc2)c(-c2ccccc2)o1.ClCc1ccc2ccccc2n1.O=C(Cc1ccccc1)c1ccc(OCc2ccccc2)cc1.O=C(c1ccc(OCc2ccccc2)cc1)C(Br)c1ccccc1. The van der Waals surface area contributed by atoms with Crippen LogP contribution in [0.15, 0.2) is 450 Å². The van der Waals surface area contributed by atoms with Gasteiger partial charge in [0, 0.05) is 111 Å². The van der Waals surface area contributed by atoms with E-state index in [0.717, 1.165) is 152 Å². The number of phenolic OH excluding ortho intramolecular Hbond substituents is 1. The molecule has 15 aromatic carbocycles. The highest BCUT2D eigenvalue weighted by Gasteiger charge is 2.22. The van der Waals surface area contributed by atoms with Crippen LogP contribution in [0.3, 0.4) is 0 Å². The maximum atomic E-state index is 12.5. The van der Waals surface area contributed by atoms with Gasteiger partial charge >= 0.3 is 0 Å². The molecule has 0 spiro atoms. The van der Waals surface area contributed by atoms with E-state index in [-0.39, 0.29) is 22.1 Å². The third kappa shape index (κ3) is 28.4. The van der Waals surface area contributed by atoms with Crippen molar-refractivity contribution in [2.45, 2.75) is 64.3 Å². The molecule has 20 aromatic rings. The van der Waals surface area contributed by atoms with Crippen LogP contribution in [0.25, 0.3) is 89.5 Å². The molecule has 0 aliphatic heterocycles. The summed E-state index contributed by atoms with van der Waals surface area (Å²) in [5.41, 5.74) is 19.0. The number of halogens is 4. The van der Waals surface area contributed by atoms with E-state index in [9.17, 15) is 14.7 Å². The quantitative estimate of drug-likeness (QED) is 0.0419. The van der Waals surface area contributed by atoms with E-state index in [1.54, 1.807) is 24.3 Å². The molecule has 1 N–H and O–H groups in total. The molecule has 0 radical (unpaired) electrons. The van der Waals surface area contributed by atoms with Gasteiger partial charge in [-0.1, -0.05) is 307 Å². The lowest BCUT2D eigenvalue weighted by molar-refractivity contribution is 0.0984. The number of alkyl halides is 2. The Hall–Kier alpha value is -15.2. The Bertz CT molecular complexity index is 7060. The highest BCUT2D eigenvalue weighted by atomic mass is 80.9. The number of pyridine rings is 2. The van der Waals surface area contributed by atoms with Crippen LogP contribution < -0.4 is 18.9 Å². The topological polar surface area (TPSA) is 195 Å². The van der Waals surface area contributed by atoms with Gasteiger partial charge in [-0.2, -0.15) is 0 Å². The molecule has 136 heavy (non-hydrogen) atoms. The standard InChI is InChI=1S/C26H20N2O2.C23H19NO2.C21H17BrO2.C21H18O2.C16H13NO2.C10H8ClN.Br2/c1-18-27-25(26(30-18)21-8-3-2-4-9-21)20-12-15-23(16-13-20)29-17-22-14-11-19-7-5-6-10-24(19)28-22;1-17-24-22(23(26-17)20-10-6-3-7-11-20)19-12-14-21(15-13-19)25-16-18-8-4-2-5-9-18;22-20(17-9-5-2-6-10-17)21(23)18-11-13-19(14-12-18)24-15-16-7-3-1-4-8-16;22-21(15-17-7-3-1-4-8-17)19-11-13-20(14-12-19)23-16-18-9-5-2-6-10-18;1-11-17-15(12-7-9-14(18)10-8-12)16(19-11)13-5-3-2-4-6-13;11-7-9-6-5-8-3-1-2-4-10(8)12-9;1-2/h2-16H,17H2,1H3;2-15H,16H2,1H3;1-14,20H,15H2;1-14H,15-16H2;2-10,18H,1H3;1-6H,7H2;. The zero-order valence-corrected chi connectivity index (χ0v) is 80.3. The normalized spacial score (nSPS) is 10.7. The van der Waals surface area contributed by atoms with E-state index >= 15 is 0 Å². The van der Waals surface area contributed by atoms with Gasteiger partial charge in [0.25, 0.3) is 0 Å². The number of aromatic hydroxyl groups is 1. The summed E-state index contributed by atoms with van der Waals surface area (Å²) in [4.78, 5) is 47.1. The molecule has 676 valence electrons. The first-order valence-corrected chi connectivity index (χ1v) is 49.0. The van der Waals surface area contributed by atoms with Crippen LogP contribution >= 0.6 is 55.8 Å². The number of carbonyl (C=O) groups excluding carboxylic acids is 2. The second kappa shape index (κ2) is 50.6. The Balaban J connectivity index is 0.000000132. The lowest BCUT2D eigenvalue weighted by Gasteiger charge is -2.10. The number of benzene rings is 15. The summed E-state index contributed by atoms with van der Waals surface area (Å²) in [6.45, 7) is 7.58. The van der Waals surface area contributed by atoms with Gasteiger partial charge in [-0.15, -0.1) is 11.6 Å². The molecule has 19 heteroatoms. The monoisotopic (exact) mass is 2000 g/mol. The number of ketones is 2. The minimum absolute atomic E-state index is 0.0378. The van der Waals surface area contributed by atoms with Gasteiger partial charge in [0.05, 0.1) is 28.3 Å². The number of para-hydroxylation sites is 2. The summed E-state index contributed by atoms with van der Waals surface area (Å²) in [6.07, 6.45) is 0.422. The van der Waals surface area contributed by atoms with Gasteiger partial charge in [-0.05, 0) is 173 Å². The van der Waals surface area contributed by atoms with E-state index in [0.29, 0.717) is 67.5 Å².